The topological polar surface area (TPSA) is 76.2 Å². The number of carbonyl (C=O) groups is 1. The molecule has 1 unspecified atom stereocenters. The van der Waals surface area contributed by atoms with E-state index in [0.717, 1.165) is 12.1 Å². The molecule has 1 aliphatic rings. The molecule has 0 radical (unpaired) electrons. The molecule has 3 rings (SSSR count). The van der Waals surface area contributed by atoms with Gasteiger partial charge >= 0.3 is 12.1 Å². The third kappa shape index (κ3) is 3.47. The summed E-state index contributed by atoms with van der Waals surface area (Å²) < 4.78 is 43.8. The van der Waals surface area contributed by atoms with E-state index >= 15 is 0 Å². The molecule has 1 aromatic heterocycles. The Morgan fingerprint density at radius 1 is 1.28 bits per heavy atom. The Hall–Kier alpha value is -2.90. The number of hydrogen-bond acceptors (Lipinski definition) is 4. The maximum Gasteiger partial charge on any atom is 0.416 e. The van der Waals surface area contributed by atoms with Crippen molar-refractivity contribution in [2.75, 3.05) is 0 Å². The molecule has 130 valence electrons. The molecule has 0 saturated carbocycles. The second-order valence-corrected chi connectivity index (χ2v) is 5.69. The number of aromatic nitrogens is 2. The highest BCUT2D eigenvalue weighted by Gasteiger charge is 2.31. The zero-order chi connectivity index (χ0) is 18.2. The summed E-state index contributed by atoms with van der Waals surface area (Å²) in [5, 5.41) is 16.8. The molecule has 0 aliphatic heterocycles. The lowest BCUT2D eigenvalue weighted by Crippen LogP contribution is -2.12. The van der Waals surface area contributed by atoms with Gasteiger partial charge in [-0.05, 0) is 36.6 Å². The summed E-state index contributed by atoms with van der Waals surface area (Å²) in [6, 6.07) is 4.56. The maximum absolute atomic E-state index is 12.8. The van der Waals surface area contributed by atoms with Gasteiger partial charge in [-0.3, -0.25) is 0 Å². The van der Waals surface area contributed by atoms with Gasteiger partial charge in [0.2, 0.25) is 11.8 Å². The molecule has 5 nitrogen and oxygen atoms in total. The van der Waals surface area contributed by atoms with Gasteiger partial charge < -0.3 is 9.52 Å². The van der Waals surface area contributed by atoms with Crippen LogP contribution in [-0.4, -0.2) is 21.3 Å². The largest absolute Gasteiger partial charge is 0.478 e. The molecule has 1 aromatic carbocycles. The van der Waals surface area contributed by atoms with Gasteiger partial charge in [-0.15, -0.1) is 10.2 Å². The standard InChI is InChI=1S/C17H13F3N2O3/c1-9-5-6-11(8-13(9)16(23)24)15-22-21-14(25-15)10-3-2-4-12(7-10)17(18,19)20/h2-4,6-9H,5H2,1H3,(H,23,24). The van der Waals surface area contributed by atoms with Crippen molar-refractivity contribution in [3.05, 3.63) is 53.4 Å². The molecule has 25 heavy (non-hydrogen) atoms. The Bertz CT molecular complexity index is 881. The smallest absolute Gasteiger partial charge is 0.416 e. The highest BCUT2D eigenvalue weighted by atomic mass is 19.4. The van der Waals surface area contributed by atoms with Crippen LogP contribution in [0.25, 0.3) is 17.0 Å². The zero-order valence-corrected chi connectivity index (χ0v) is 13.0. The van der Waals surface area contributed by atoms with Crippen LogP contribution in [0.4, 0.5) is 13.2 Å². The predicted octanol–water partition coefficient (Wildman–Crippen LogP) is 4.19. The van der Waals surface area contributed by atoms with Crippen molar-refractivity contribution in [3.63, 3.8) is 0 Å². The highest BCUT2D eigenvalue weighted by Crippen LogP contribution is 2.33. The number of aliphatic carboxylic acids is 1. The fraction of sp³-hybridized carbons (Fsp3) is 0.235. The van der Waals surface area contributed by atoms with E-state index in [-0.39, 0.29) is 28.8 Å². The number of hydrogen-bond donors (Lipinski definition) is 1. The SMILES string of the molecule is CC1CC=C(c2nnc(-c3cccc(C(F)(F)F)c3)o2)C=C1C(=O)O. The van der Waals surface area contributed by atoms with Gasteiger partial charge in [0.05, 0.1) is 5.56 Å². The van der Waals surface area contributed by atoms with Crippen LogP contribution >= 0.6 is 0 Å². The number of nitrogens with zero attached hydrogens (tertiary/aromatic N) is 2. The van der Waals surface area contributed by atoms with Crippen LogP contribution in [0.5, 0.6) is 0 Å². The van der Waals surface area contributed by atoms with Gasteiger partial charge in [0.25, 0.3) is 0 Å². The molecule has 1 aliphatic carbocycles. The molecule has 0 bridgehead atoms. The van der Waals surface area contributed by atoms with Gasteiger partial charge in [0.15, 0.2) is 0 Å². The van der Waals surface area contributed by atoms with E-state index in [1.54, 1.807) is 13.0 Å². The highest BCUT2D eigenvalue weighted by molar-refractivity contribution is 5.92. The maximum atomic E-state index is 12.8. The van der Waals surface area contributed by atoms with Crippen LogP contribution in [0.2, 0.25) is 0 Å². The van der Waals surface area contributed by atoms with E-state index in [2.05, 4.69) is 10.2 Å². The molecule has 1 N–H and O–H groups in total. The Morgan fingerprint density at radius 3 is 2.68 bits per heavy atom. The van der Waals surface area contributed by atoms with Gasteiger partial charge in [0, 0.05) is 16.7 Å². The second-order valence-electron chi connectivity index (χ2n) is 5.69. The molecular weight excluding hydrogens is 337 g/mol. The predicted molar refractivity (Wildman–Crippen MR) is 82.2 cm³/mol. The summed E-state index contributed by atoms with van der Waals surface area (Å²) in [5.74, 6) is -1.17. The first-order valence-electron chi connectivity index (χ1n) is 7.42. The molecule has 0 amide bonds. The fourth-order valence-electron chi connectivity index (χ4n) is 2.51. The fourth-order valence-corrected chi connectivity index (χ4v) is 2.51. The number of rotatable bonds is 3. The molecule has 0 saturated heterocycles. The minimum atomic E-state index is -4.47. The van der Waals surface area contributed by atoms with Crippen molar-refractivity contribution < 1.29 is 27.5 Å². The van der Waals surface area contributed by atoms with Gasteiger partial charge in [0.1, 0.15) is 0 Å². The van der Waals surface area contributed by atoms with Gasteiger partial charge in [-0.2, -0.15) is 13.2 Å². The van der Waals surface area contributed by atoms with Crippen LogP contribution in [0, 0.1) is 5.92 Å². The summed E-state index contributed by atoms with van der Waals surface area (Å²) in [4.78, 5) is 11.2. The second kappa shape index (κ2) is 6.19. The molecular formula is C17H13F3N2O3. The van der Waals surface area contributed by atoms with Gasteiger partial charge in [-0.25, -0.2) is 4.79 Å². The lowest BCUT2D eigenvalue weighted by Gasteiger charge is -2.15. The number of benzene rings is 1. The quantitative estimate of drug-likeness (QED) is 0.898. The summed E-state index contributed by atoms with van der Waals surface area (Å²) >= 11 is 0. The van der Waals surface area contributed by atoms with Crippen LogP contribution in [0.3, 0.4) is 0 Å². The summed E-state index contributed by atoms with van der Waals surface area (Å²) in [6.07, 6.45) is -0.769. The molecule has 2 aromatic rings. The van der Waals surface area contributed by atoms with Crippen LogP contribution in [0.1, 0.15) is 24.8 Å². The molecule has 8 heteroatoms. The van der Waals surface area contributed by atoms with Gasteiger partial charge in [-0.1, -0.05) is 19.1 Å². The number of halogens is 3. The monoisotopic (exact) mass is 350 g/mol. The first kappa shape index (κ1) is 16.9. The lowest BCUT2D eigenvalue weighted by atomic mass is 9.90. The first-order chi connectivity index (χ1) is 11.8. The van der Waals surface area contributed by atoms with Crippen LogP contribution in [0.15, 0.2) is 46.4 Å². The Balaban J connectivity index is 1.93. The Morgan fingerprint density at radius 2 is 2.00 bits per heavy atom. The third-order valence-corrected chi connectivity index (χ3v) is 3.89. The summed E-state index contributed by atoms with van der Waals surface area (Å²) in [5.41, 5.74) is -0.0122. The molecule has 0 spiro atoms. The van der Waals surface area contributed by atoms with E-state index in [0.29, 0.717) is 12.0 Å². The summed E-state index contributed by atoms with van der Waals surface area (Å²) in [6.45, 7) is 1.79. The van der Waals surface area contributed by atoms with Crippen molar-refractivity contribution in [3.8, 4) is 11.5 Å². The zero-order valence-electron chi connectivity index (χ0n) is 13.0. The van der Waals surface area contributed by atoms with E-state index in [1.807, 2.05) is 0 Å². The summed E-state index contributed by atoms with van der Waals surface area (Å²) in [7, 11) is 0. The average molecular weight is 350 g/mol. The Labute approximate surface area is 140 Å². The van der Waals surface area contributed by atoms with Crippen molar-refractivity contribution in [2.45, 2.75) is 19.5 Å². The number of carboxylic acids is 1. The van der Waals surface area contributed by atoms with E-state index in [9.17, 15) is 23.1 Å². The number of allylic oxidation sites excluding steroid dienone is 3. The van der Waals surface area contributed by atoms with Crippen molar-refractivity contribution in [1.29, 1.82) is 0 Å². The average Bonchev–Trinajstić information content (AvgIpc) is 3.04. The first-order valence-corrected chi connectivity index (χ1v) is 7.42. The third-order valence-electron chi connectivity index (χ3n) is 3.89. The van der Waals surface area contributed by atoms with E-state index in [4.69, 9.17) is 4.42 Å². The molecule has 1 atom stereocenters. The van der Waals surface area contributed by atoms with Crippen molar-refractivity contribution >= 4 is 11.5 Å². The van der Waals surface area contributed by atoms with E-state index < -0.39 is 17.7 Å². The minimum absolute atomic E-state index is 0.0640. The van der Waals surface area contributed by atoms with Crippen molar-refractivity contribution in [2.24, 2.45) is 5.92 Å². The van der Waals surface area contributed by atoms with Crippen LogP contribution in [-0.2, 0) is 11.0 Å². The van der Waals surface area contributed by atoms with Crippen LogP contribution < -0.4 is 0 Å². The van der Waals surface area contributed by atoms with Crippen molar-refractivity contribution in [1.82, 2.24) is 10.2 Å². The van der Waals surface area contributed by atoms with E-state index in [1.165, 1.54) is 18.2 Å². The number of alkyl halides is 3. The minimum Gasteiger partial charge on any atom is -0.478 e. The lowest BCUT2D eigenvalue weighted by molar-refractivity contribution is -0.137. The molecule has 0 fully saturated rings. The normalized spacial score (nSPS) is 17.8. The number of carboxylic acid groups (broad SMARTS) is 1. The Kier molecular flexibility index (Phi) is 4.20. The molecule has 1 heterocycles.